The number of aromatic hydroxyl groups is 1. The van der Waals surface area contributed by atoms with Gasteiger partial charge in [-0.2, -0.15) is 0 Å². The number of carbonyl (C=O) groups is 1. The lowest BCUT2D eigenvalue weighted by Gasteiger charge is -2.12. The molecule has 0 heterocycles. The van der Waals surface area contributed by atoms with Crippen molar-refractivity contribution in [3.05, 3.63) is 24.3 Å². The topological polar surface area (TPSA) is 85.8 Å². The molecule has 0 saturated carbocycles. The molecule has 1 aromatic rings. The Morgan fingerprint density at radius 2 is 1.90 bits per heavy atom. The quantitative estimate of drug-likeness (QED) is 0.364. The van der Waals surface area contributed by atoms with Crippen molar-refractivity contribution in [1.29, 1.82) is 0 Å². The molecule has 6 nitrogen and oxygen atoms in total. The monoisotopic (exact) mass is 292 g/mol. The predicted molar refractivity (Wildman–Crippen MR) is 85.6 cm³/mol. The third-order valence-corrected chi connectivity index (χ3v) is 2.55. The molecule has 0 unspecified atom stereocenters. The van der Waals surface area contributed by atoms with Crippen molar-refractivity contribution in [2.24, 2.45) is 10.9 Å². The molecule has 6 heteroatoms. The van der Waals surface area contributed by atoms with E-state index in [1.54, 1.807) is 12.1 Å². The largest absolute Gasteiger partial charge is 0.508 e. The van der Waals surface area contributed by atoms with Gasteiger partial charge in [0, 0.05) is 18.8 Å². The summed E-state index contributed by atoms with van der Waals surface area (Å²) in [6.45, 7) is 7.76. The van der Waals surface area contributed by atoms with Crippen LogP contribution in [0.3, 0.4) is 0 Å². The fraction of sp³-hybridized carbons (Fsp3) is 0.467. The molecule has 0 aliphatic rings. The maximum absolute atomic E-state index is 11.8. The first-order valence-corrected chi connectivity index (χ1v) is 7.12. The van der Waals surface area contributed by atoms with E-state index in [4.69, 9.17) is 0 Å². The van der Waals surface area contributed by atoms with Crippen molar-refractivity contribution >= 4 is 17.6 Å². The maximum Gasteiger partial charge on any atom is 0.246 e. The van der Waals surface area contributed by atoms with Gasteiger partial charge >= 0.3 is 0 Å². The van der Waals surface area contributed by atoms with Crippen molar-refractivity contribution in [3.63, 3.8) is 0 Å². The predicted octanol–water partition coefficient (Wildman–Crippen LogP) is 1.54. The second-order valence-electron chi connectivity index (χ2n) is 5.06. The summed E-state index contributed by atoms with van der Waals surface area (Å²) < 4.78 is 0. The van der Waals surface area contributed by atoms with E-state index in [-0.39, 0.29) is 18.2 Å². The van der Waals surface area contributed by atoms with Gasteiger partial charge in [-0.1, -0.05) is 13.8 Å². The van der Waals surface area contributed by atoms with Crippen LogP contribution in [0.25, 0.3) is 0 Å². The summed E-state index contributed by atoms with van der Waals surface area (Å²) in [5.74, 6) is 1.09. The van der Waals surface area contributed by atoms with Gasteiger partial charge in [0.05, 0.1) is 0 Å². The average Bonchev–Trinajstić information content (AvgIpc) is 2.44. The van der Waals surface area contributed by atoms with E-state index in [0.29, 0.717) is 17.6 Å². The Balaban J connectivity index is 2.50. The number of nitrogens with one attached hydrogen (secondary N) is 3. The molecule has 0 aromatic heterocycles. The van der Waals surface area contributed by atoms with Gasteiger partial charge in [0.15, 0.2) is 5.96 Å². The smallest absolute Gasteiger partial charge is 0.246 e. The van der Waals surface area contributed by atoms with E-state index < -0.39 is 0 Å². The number of guanidine groups is 1. The number of hydrogen-bond acceptors (Lipinski definition) is 3. The van der Waals surface area contributed by atoms with E-state index in [1.807, 2.05) is 6.92 Å². The molecule has 0 bridgehead atoms. The molecular formula is C15H24N4O2. The number of aliphatic imine (C=N–C) groups is 1. The third-order valence-electron chi connectivity index (χ3n) is 2.55. The maximum atomic E-state index is 11.8. The molecular weight excluding hydrogens is 268 g/mol. The SMILES string of the molecule is CCNC(=NCC(=O)Nc1ccc(O)cc1)NCC(C)C. The van der Waals surface area contributed by atoms with Crippen molar-refractivity contribution in [2.75, 3.05) is 25.0 Å². The lowest BCUT2D eigenvalue weighted by atomic mass is 10.2. The van der Waals surface area contributed by atoms with Crippen LogP contribution in [0.1, 0.15) is 20.8 Å². The number of carbonyl (C=O) groups excluding carboxylic acids is 1. The Bertz CT molecular complexity index is 469. The Morgan fingerprint density at radius 3 is 2.48 bits per heavy atom. The zero-order chi connectivity index (χ0) is 15.7. The first kappa shape index (κ1) is 16.8. The number of phenols is 1. The molecule has 0 atom stereocenters. The van der Waals surface area contributed by atoms with Gasteiger partial charge in [-0.25, -0.2) is 4.99 Å². The van der Waals surface area contributed by atoms with Gasteiger partial charge in [0.2, 0.25) is 5.91 Å². The lowest BCUT2D eigenvalue weighted by Crippen LogP contribution is -2.39. The fourth-order valence-electron chi connectivity index (χ4n) is 1.54. The average molecular weight is 292 g/mol. The molecule has 0 spiro atoms. The highest BCUT2D eigenvalue weighted by Crippen LogP contribution is 2.13. The number of nitrogens with zero attached hydrogens (tertiary/aromatic N) is 1. The second kappa shape index (κ2) is 8.84. The molecule has 0 fully saturated rings. The van der Waals surface area contributed by atoms with Crippen LogP contribution < -0.4 is 16.0 Å². The van der Waals surface area contributed by atoms with E-state index in [0.717, 1.165) is 13.1 Å². The fourth-order valence-corrected chi connectivity index (χ4v) is 1.54. The summed E-state index contributed by atoms with van der Waals surface area (Å²) in [5, 5.41) is 18.2. The highest BCUT2D eigenvalue weighted by Gasteiger charge is 2.03. The molecule has 0 aliphatic carbocycles. The number of benzene rings is 1. The Hall–Kier alpha value is -2.24. The van der Waals surface area contributed by atoms with Crippen molar-refractivity contribution in [2.45, 2.75) is 20.8 Å². The number of rotatable bonds is 6. The first-order valence-electron chi connectivity index (χ1n) is 7.12. The highest BCUT2D eigenvalue weighted by molar-refractivity contribution is 5.94. The minimum absolute atomic E-state index is 0.0360. The van der Waals surface area contributed by atoms with E-state index in [9.17, 15) is 9.90 Å². The minimum atomic E-state index is -0.206. The third kappa shape index (κ3) is 7.20. The van der Waals surface area contributed by atoms with Crippen LogP contribution in [0.2, 0.25) is 0 Å². The molecule has 0 saturated heterocycles. The number of hydrogen-bond donors (Lipinski definition) is 4. The molecule has 1 aromatic carbocycles. The Labute approximate surface area is 125 Å². The van der Waals surface area contributed by atoms with Gasteiger partial charge in [-0.15, -0.1) is 0 Å². The summed E-state index contributed by atoms with van der Waals surface area (Å²) in [4.78, 5) is 16.0. The number of anilines is 1. The molecule has 21 heavy (non-hydrogen) atoms. The van der Waals surface area contributed by atoms with Crippen LogP contribution >= 0.6 is 0 Å². The van der Waals surface area contributed by atoms with E-state index >= 15 is 0 Å². The van der Waals surface area contributed by atoms with Crippen molar-refractivity contribution in [3.8, 4) is 5.75 Å². The second-order valence-corrected chi connectivity index (χ2v) is 5.06. The van der Waals surface area contributed by atoms with Crippen LogP contribution in [-0.2, 0) is 4.79 Å². The summed E-state index contributed by atoms with van der Waals surface area (Å²) in [7, 11) is 0. The first-order chi connectivity index (χ1) is 10.0. The summed E-state index contributed by atoms with van der Waals surface area (Å²) in [6.07, 6.45) is 0. The molecule has 1 amide bonds. The highest BCUT2D eigenvalue weighted by atomic mass is 16.3. The minimum Gasteiger partial charge on any atom is -0.508 e. The van der Waals surface area contributed by atoms with Crippen molar-refractivity contribution in [1.82, 2.24) is 10.6 Å². The van der Waals surface area contributed by atoms with Crippen LogP contribution in [0.5, 0.6) is 5.75 Å². The van der Waals surface area contributed by atoms with E-state index in [2.05, 4.69) is 34.8 Å². The summed E-state index contributed by atoms with van der Waals surface area (Å²) >= 11 is 0. The van der Waals surface area contributed by atoms with Crippen LogP contribution in [0, 0.1) is 5.92 Å². The Kier molecular flexibility index (Phi) is 7.08. The van der Waals surface area contributed by atoms with Crippen LogP contribution in [0.4, 0.5) is 5.69 Å². The molecule has 0 radical (unpaired) electrons. The van der Waals surface area contributed by atoms with Gasteiger partial charge in [-0.05, 0) is 37.1 Å². The normalized spacial score (nSPS) is 11.3. The summed E-state index contributed by atoms with van der Waals surface area (Å²) in [6, 6.07) is 6.32. The molecule has 116 valence electrons. The molecule has 4 N–H and O–H groups in total. The number of amides is 1. The Morgan fingerprint density at radius 1 is 1.24 bits per heavy atom. The van der Waals surface area contributed by atoms with Gasteiger partial charge in [-0.3, -0.25) is 4.79 Å². The van der Waals surface area contributed by atoms with Gasteiger partial charge in [0.25, 0.3) is 0 Å². The zero-order valence-corrected chi connectivity index (χ0v) is 12.8. The van der Waals surface area contributed by atoms with Crippen LogP contribution in [0.15, 0.2) is 29.3 Å². The van der Waals surface area contributed by atoms with Gasteiger partial charge < -0.3 is 21.1 Å². The van der Waals surface area contributed by atoms with E-state index in [1.165, 1.54) is 12.1 Å². The standard InChI is InChI=1S/C15H24N4O2/c1-4-16-15(17-9-11(2)3)18-10-14(21)19-12-5-7-13(20)8-6-12/h5-8,11,20H,4,9-10H2,1-3H3,(H,19,21)(H2,16,17,18). The molecule has 1 rings (SSSR count). The van der Waals surface area contributed by atoms with Gasteiger partial charge in [0.1, 0.15) is 12.3 Å². The van der Waals surface area contributed by atoms with Crippen molar-refractivity contribution < 1.29 is 9.90 Å². The lowest BCUT2D eigenvalue weighted by molar-refractivity contribution is -0.114. The summed E-state index contributed by atoms with van der Waals surface area (Å²) in [5.41, 5.74) is 0.633. The number of phenolic OH excluding ortho intramolecular Hbond substituents is 1. The zero-order valence-electron chi connectivity index (χ0n) is 12.8. The van der Waals surface area contributed by atoms with Crippen LogP contribution in [-0.4, -0.2) is 36.6 Å². The molecule has 0 aliphatic heterocycles.